The Morgan fingerprint density at radius 3 is 2.62 bits per heavy atom. The van der Waals surface area contributed by atoms with Gasteiger partial charge in [0.2, 0.25) is 0 Å². The Kier molecular flexibility index (Phi) is 9.55. The number of benzene rings is 1. The summed E-state index contributed by atoms with van der Waals surface area (Å²) in [6.45, 7) is 2.58. The summed E-state index contributed by atoms with van der Waals surface area (Å²) in [6.07, 6.45) is 6.60. The molecule has 0 saturated carbocycles. The molecule has 0 heterocycles. The quantitative estimate of drug-likeness (QED) is 0.497. The molecule has 1 atom stereocenters. The summed E-state index contributed by atoms with van der Waals surface area (Å²) in [7, 11) is 0. The summed E-state index contributed by atoms with van der Waals surface area (Å²) in [6, 6.07) is 9.97. The van der Waals surface area contributed by atoms with Gasteiger partial charge in [-0.2, -0.15) is 0 Å². The van der Waals surface area contributed by atoms with E-state index in [-0.39, 0.29) is 12.1 Å². The fraction of sp³-hybridized carbons (Fsp3) is 0.611. The van der Waals surface area contributed by atoms with Crippen LogP contribution in [0.25, 0.3) is 0 Å². The predicted octanol–water partition coefficient (Wildman–Crippen LogP) is 3.88. The van der Waals surface area contributed by atoms with Gasteiger partial charge in [-0.05, 0) is 18.4 Å². The second-order valence-electron chi connectivity index (χ2n) is 5.50. The number of aliphatic hydroxyl groups is 1. The first-order chi connectivity index (χ1) is 10.2. The first-order valence-corrected chi connectivity index (χ1v) is 8.10. The maximum atomic E-state index is 11.6. The number of carbonyl (C=O) groups excluding carboxylic acids is 1. The molecule has 1 rings (SSSR count). The summed E-state index contributed by atoms with van der Waals surface area (Å²) in [5.74, 6) is -0.210. The first kappa shape index (κ1) is 17.7. The summed E-state index contributed by atoms with van der Waals surface area (Å²) < 4.78 is 5.19. The van der Waals surface area contributed by atoms with Gasteiger partial charge in [0.1, 0.15) is 0 Å². The van der Waals surface area contributed by atoms with Crippen molar-refractivity contribution in [2.24, 2.45) is 0 Å². The first-order valence-electron chi connectivity index (χ1n) is 8.10. The molecular weight excluding hydrogens is 264 g/mol. The van der Waals surface area contributed by atoms with E-state index >= 15 is 0 Å². The highest BCUT2D eigenvalue weighted by molar-refractivity contribution is 5.69. The van der Waals surface area contributed by atoms with Crippen molar-refractivity contribution in [3.05, 3.63) is 35.9 Å². The SMILES string of the molecule is CCCCCCC(O)CCC(=O)OCCc1ccccc1. The molecule has 0 radical (unpaired) electrons. The third kappa shape index (κ3) is 9.24. The second kappa shape index (κ2) is 11.3. The fourth-order valence-electron chi connectivity index (χ4n) is 2.24. The Bertz CT molecular complexity index is 375. The van der Waals surface area contributed by atoms with Gasteiger partial charge in [0, 0.05) is 12.8 Å². The van der Waals surface area contributed by atoms with Crippen molar-refractivity contribution in [3.63, 3.8) is 0 Å². The van der Waals surface area contributed by atoms with Crippen molar-refractivity contribution < 1.29 is 14.6 Å². The van der Waals surface area contributed by atoms with Crippen LogP contribution in [-0.2, 0) is 16.0 Å². The van der Waals surface area contributed by atoms with Crippen molar-refractivity contribution in [2.45, 2.75) is 64.4 Å². The molecule has 3 nitrogen and oxygen atoms in total. The van der Waals surface area contributed by atoms with Crippen LogP contribution in [0.1, 0.15) is 57.4 Å². The van der Waals surface area contributed by atoms with Crippen LogP contribution in [0.3, 0.4) is 0 Å². The Balaban J connectivity index is 2.03. The molecule has 118 valence electrons. The van der Waals surface area contributed by atoms with Gasteiger partial charge in [-0.3, -0.25) is 4.79 Å². The maximum absolute atomic E-state index is 11.6. The Hall–Kier alpha value is -1.35. The molecule has 1 aromatic carbocycles. The number of hydrogen-bond donors (Lipinski definition) is 1. The molecular formula is C18H28O3. The highest BCUT2D eigenvalue weighted by Crippen LogP contribution is 2.10. The summed E-state index contributed by atoms with van der Waals surface area (Å²) in [4.78, 5) is 11.6. The Morgan fingerprint density at radius 2 is 1.90 bits per heavy atom. The van der Waals surface area contributed by atoms with Crippen LogP contribution in [0.4, 0.5) is 0 Å². The molecule has 21 heavy (non-hydrogen) atoms. The lowest BCUT2D eigenvalue weighted by molar-refractivity contribution is -0.144. The number of unbranched alkanes of at least 4 members (excludes halogenated alkanes) is 3. The van der Waals surface area contributed by atoms with Crippen LogP contribution in [0.5, 0.6) is 0 Å². The maximum Gasteiger partial charge on any atom is 0.305 e. The van der Waals surface area contributed by atoms with Crippen LogP contribution in [0, 0.1) is 0 Å². The number of rotatable bonds is 11. The van der Waals surface area contributed by atoms with E-state index in [9.17, 15) is 9.90 Å². The van der Waals surface area contributed by atoms with Crippen molar-refractivity contribution in [3.8, 4) is 0 Å². The minimum absolute atomic E-state index is 0.210. The van der Waals surface area contributed by atoms with E-state index in [1.165, 1.54) is 18.4 Å². The molecule has 1 aromatic rings. The van der Waals surface area contributed by atoms with Gasteiger partial charge in [-0.15, -0.1) is 0 Å². The van der Waals surface area contributed by atoms with E-state index in [1.807, 2.05) is 30.3 Å². The number of ether oxygens (including phenoxy) is 1. The van der Waals surface area contributed by atoms with Crippen molar-refractivity contribution in [2.75, 3.05) is 6.61 Å². The van der Waals surface area contributed by atoms with E-state index < -0.39 is 0 Å². The monoisotopic (exact) mass is 292 g/mol. The van der Waals surface area contributed by atoms with Gasteiger partial charge in [-0.1, -0.05) is 62.9 Å². The van der Waals surface area contributed by atoms with Gasteiger partial charge in [0.25, 0.3) is 0 Å². The minimum atomic E-state index is -0.372. The molecule has 0 saturated heterocycles. The van der Waals surface area contributed by atoms with Crippen LogP contribution in [0.15, 0.2) is 30.3 Å². The molecule has 1 N–H and O–H groups in total. The predicted molar refractivity (Wildman–Crippen MR) is 85.1 cm³/mol. The molecule has 0 fully saturated rings. The van der Waals surface area contributed by atoms with Crippen molar-refractivity contribution in [1.29, 1.82) is 0 Å². The van der Waals surface area contributed by atoms with Gasteiger partial charge >= 0.3 is 5.97 Å². The highest BCUT2D eigenvalue weighted by Gasteiger charge is 2.09. The molecule has 0 bridgehead atoms. The van der Waals surface area contributed by atoms with Crippen LogP contribution in [-0.4, -0.2) is 23.8 Å². The lowest BCUT2D eigenvalue weighted by atomic mass is 10.1. The van der Waals surface area contributed by atoms with Gasteiger partial charge < -0.3 is 9.84 Å². The lowest BCUT2D eigenvalue weighted by Crippen LogP contribution is -2.13. The molecule has 0 spiro atoms. The number of hydrogen-bond acceptors (Lipinski definition) is 3. The van der Waals surface area contributed by atoms with E-state index in [2.05, 4.69) is 6.92 Å². The van der Waals surface area contributed by atoms with Crippen LogP contribution < -0.4 is 0 Å². The van der Waals surface area contributed by atoms with E-state index in [0.29, 0.717) is 19.4 Å². The normalized spacial score (nSPS) is 12.1. The van der Waals surface area contributed by atoms with E-state index in [1.54, 1.807) is 0 Å². The van der Waals surface area contributed by atoms with Gasteiger partial charge in [0.05, 0.1) is 12.7 Å². The van der Waals surface area contributed by atoms with Crippen molar-refractivity contribution >= 4 is 5.97 Å². The third-order valence-corrected chi connectivity index (χ3v) is 3.57. The molecule has 0 aliphatic rings. The van der Waals surface area contributed by atoms with E-state index in [0.717, 1.165) is 25.7 Å². The Morgan fingerprint density at radius 1 is 1.14 bits per heavy atom. The minimum Gasteiger partial charge on any atom is -0.465 e. The molecule has 3 heteroatoms. The summed E-state index contributed by atoms with van der Waals surface area (Å²) in [5, 5.41) is 9.79. The number of aliphatic hydroxyl groups excluding tert-OH is 1. The smallest absolute Gasteiger partial charge is 0.305 e. The molecule has 0 aromatic heterocycles. The summed E-state index contributed by atoms with van der Waals surface area (Å²) >= 11 is 0. The molecule has 1 unspecified atom stereocenters. The summed E-state index contributed by atoms with van der Waals surface area (Å²) in [5.41, 5.74) is 1.17. The zero-order chi connectivity index (χ0) is 15.3. The largest absolute Gasteiger partial charge is 0.465 e. The topological polar surface area (TPSA) is 46.5 Å². The lowest BCUT2D eigenvalue weighted by Gasteiger charge is -2.10. The highest BCUT2D eigenvalue weighted by atomic mass is 16.5. The second-order valence-corrected chi connectivity index (χ2v) is 5.50. The standard InChI is InChI=1S/C18H28O3/c1-2-3-4-8-11-17(19)12-13-18(20)21-15-14-16-9-6-5-7-10-16/h5-7,9-10,17,19H,2-4,8,11-15H2,1H3. The zero-order valence-electron chi connectivity index (χ0n) is 13.1. The average Bonchev–Trinajstić information content (AvgIpc) is 2.50. The Labute approximate surface area is 128 Å². The molecule has 0 amide bonds. The van der Waals surface area contributed by atoms with Crippen LogP contribution >= 0.6 is 0 Å². The fourth-order valence-corrected chi connectivity index (χ4v) is 2.24. The average molecular weight is 292 g/mol. The van der Waals surface area contributed by atoms with Crippen LogP contribution in [0.2, 0.25) is 0 Å². The number of esters is 1. The van der Waals surface area contributed by atoms with Gasteiger partial charge in [0.15, 0.2) is 0 Å². The molecule has 0 aliphatic heterocycles. The van der Waals surface area contributed by atoms with Gasteiger partial charge in [-0.25, -0.2) is 0 Å². The molecule has 0 aliphatic carbocycles. The zero-order valence-corrected chi connectivity index (χ0v) is 13.1. The van der Waals surface area contributed by atoms with Crippen molar-refractivity contribution in [1.82, 2.24) is 0 Å². The number of carbonyl (C=O) groups is 1. The third-order valence-electron chi connectivity index (χ3n) is 3.57. The van der Waals surface area contributed by atoms with E-state index in [4.69, 9.17) is 4.74 Å².